The first kappa shape index (κ1) is 13.1. The van der Waals surface area contributed by atoms with Crippen LogP contribution in [0, 0.1) is 13.8 Å². The van der Waals surface area contributed by atoms with E-state index in [0.29, 0.717) is 11.6 Å². The van der Waals surface area contributed by atoms with Gasteiger partial charge in [0.05, 0.1) is 0 Å². The van der Waals surface area contributed by atoms with E-state index >= 15 is 0 Å². The second-order valence-corrected chi connectivity index (χ2v) is 5.25. The maximum Gasteiger partial charge on any atom is 0.198 e. The van der Waals surface area contributed by atoms with E-state index in [0.717, 1.165) is 30.4 Å². The predicted molar refractivity (Wildman–Crippen MR) is 77.3 cm³/mol. The highest BCUT2D eigenvalue weighted by Gasteiger charge is 2.20. The maximum atomic E-state index is 4.55. The zero-order chi connectivity index (χ0) is 13.9. The summed E-state index contributed by atoms with van der Waals surface area (Å²) < 4.78 is 0. The molecule has 1 aliphatic carbocycles. The Morgan fingerprint density at radius 3 is 2.30 bits per heavy atom. The topological polar surface area (TPSA) is 63.6 Å². The fourth-order valence-electron chi connectivity index (χ4n) is 2.30. The molecule has 0 spiro atoms. The van der Waals surface area contributed by atoms with Crippen molar-refractivity contribution in [1.29, 1.82) is 0 Å². The van der Waals surface area contributed by atoms with Crippen molar-refractivity contribution < 1.29 is 0 Å². The predicted octanol–water partition coefficient (Wildman–Crippen LogP) is 1.84. The van der Waals surface area contributed by atoms with Crippen LogP contribution < -0.4 is 5.32 Å². The zero-order valence-electron chi connectivity index (χ0n) is 11.9. The van der Waals surface area contributed by atoms with E-state index in [1.165, 1.54) is 18.4 Å². The number of nitrogens with zero attached hydrogens (tertiary/aromatic N) is 4. The Morgan fingerprint density at radius 2 is 1.70 bits per heavy atom. The molecule has 5 nitrogen and oxygen atoms in total. The summed E-state index contributed by atoms with van der Waals surface area (Å²) in [6.45, 7) is 5.07. The van der Waals surface area contributed by atoms with Crippen LogP contribution in [-0.2, 0) is 6.42 Å². The number of aryl methyl sites for hydroxylation is 2. The van der Waals surface area contributed by atoms with Gasteiger partial charge in [-0.15, -0.1) is 0 Å². The molecule has 0 atom stereocenters. The van der Waals surface area contributed by atoms with Gasteiger partial charge in [-0.1, -0.05) is 0 Å². The third-order valence-corrected chi connectivity index (χ3v) is 3.57. The Balaban J connectivity index is 1.78. The van der Waals surface area contributed by atoms with E-state index in [1.54, 1.807) is 18.5 Å². The van der Waals surface area contributed by atoms with E-state index < -0.39 is 0 Å². The second-order valence-electron chi connectivity index (χ2n) is 5.25. The molecule has 104 valence electrons. The van der Waals surface area contributed by atoms with Crippen LogP contribution >= 0.6 is 0 Å². The fourth-order valence-corrected chi connectivity index (χ4v) is 2.30. The largest absolute Gasteiger partial charge is 0.314 e. The van der Waals surface area contributed by atoms with Gasteiger partial charge >= 0.3 is 0 Å². The molecule has 2 aromatic heterocycles. The van der Waals surface area contributed by atoms with Crippen LogP contribution in [0.2, 0.25) is 0 Å². The summed E-state index contributed by atoms with van der Waals surface area (Å²) in [5, 5.41) is 3.53. The van der Waals surface area contributed by atoms with Crippen LogP contribution in [0.5, 0.6) is 0 Å². The van der Waals surface area contributed by atoms with Gasteiger partial charge in [-0.25, -0.2) is 19.9 Å². The molecule has 1 N–H and O–H groups in total. The van der Waals surface area contributed by atoms with E-state index in [1.807, 2.05) is 13.8 Å². The quantitative estimate of drug-likeness (QED) is 0.897. The Labute approximate surface area is 118 Å². The van der Waals surface area contributed by atoms with Crippen LogP contribution in [0.15, 0.2) is 18.5 Å². The number of rotatable bonds is 5. The smallest absolute Gasteiger partial charge is 0.198 e. The molecule has 3 rings (SSSR count). The molecule has 0 unspecified atom stereocenters. The molecule has 0 bridgehead atoms. The van der Waals surface area contributed by atoms with E-state index in [4.69, 9.17) is 0 Å². The van der Waals surface area contributed by atoms with Crippen LogP contribution in [0.3, 0.4) is 0 Å². The molecule has 0 saturated heterocycles. The third kappa shape index (κ3) is 2.99. The van der Waals surface area contributed by atoms with Crippen molar-refractivity contribution in [3.63, 3.8) is 0 Å². The van der Waals surface area contributed by atoms with E-state index in [2.05, 4.69) is 25.3 Å². The fraction of sp³-hybridized carbons (Fsp3) is 0.467. The number of aromatic nitrogens is 4. The highest BCUT2D eigenvalue weighted by Crippen LogP contribution is 2.19. The molecule has 0 radical (unpaired) electrons. The van der Waals surface area contributed by atoms with Gasteiger partial charge in [0, 0.05) is 29.8 Å². The third-order valence-electron chi connectivity index (χ3n) is 3.57. The SMILES string of the molecule is Cc1nc(-c2ncccn2)nc(C)c1CCNC1CC1. The summed E-state index contributed by atoms with van der Waals surface area (Å²) in [7, 11) is 0. The number of hydrogen-bond donors (Lipinski definition) is 1. The average Bonchev–Trinajstić information content (AvgIpc) is 3.27. The first-order chi connectivity index (χ1) is 9.74. The minimum atomic E-state index is 0.585. The molecule has 1 aliphatic rings. The lowest BCUT2D eigenvalue weighted by atomic mass is 10.1. The van der Waals surface area contributed by atoms with Crippen molar-refractivity contribution in [2.45, 2.75) is 39.2 Å². The molecule has 0 aromatic carbocycles. The Hall–Kier alpha value is -1.88. The lowest BCUT2D eigenvalue weighted by Crippen LogP contribution is -2.20. The lowest BCUT2D eigenvalue weighted by molar-refractivity contribution is 0.675. The monoisotopic (exact) mass is 269 g/mol. The van der Waals surface area contributed by atoms with Gasteiger partial charge in [0.1, 0.15) is 0 Å². The van der Waals surface area contributed by atoms with Gasteiger partial charge in [0.2, 0.25) is 0 Å². The van der Waals surface area contributed by atoms with Crippen LogP contribution in [0.4, 0.5) is 0 Å². The van der Waals surface area contributed by atoms with Gasteiger partial charge in [-0.3, -0.25) is 0 Å². The summed E-state index contributed by atoms with van der Waals surface area (Å²) in [4.78, 5) is 17.5. The standard InChI is InChI=1S/C15H19N5/c1-10-13(6-9-16-12-4-5-12)11(2)20-15(19-10)14-17-7-3-8-18-14/h3,7-8,12,16H,4-6,9H2,1-2H3. The average molecular weight is 269 g/mol. The highest BCUT2D eigenvalue weighted by molar-refractivity contribution is 5.44. The molecule has 2 aromatic rings. The molecule has 0 aliphatic heterocycles. The number of hydrogen-bond acceptors (Lipinski definition) is 5. The Kier molecular flexibility index (Phi) is 3.69. The van der Waals surface area contributed by atoms with Crippen molar-refractivity contribution in [2.75, 3.05) is 6.54 Å². The maximum absolute atomic E-state index is 4.55. The molecular weight excluding hydrogens is 250 g/mol. The minimum absolute atomic E-state index is 0.585. The van der Waals surface area contributed by atoms with Gasteiger partial charge in [-0.05, 0) is 51.3 Å². The van der Waals surface area contributed by atoms with Gasteiger partial charge in [0.15, 0.2) is 11.6 Å². The van der Waals surface area contributed by atoms with Gasteiger partial charge in [-0.2, -0.15) is 0 Å². The Bertz CT molecular complexity index is 569. The highest BCUT2D eigenvalue weighted by atomic mass is 15.0. The molecule has 0 amide bonds. The lowest BCUT2D eigenvalue weighted by Gasteiger charge is -2.10. The van der Waals surface area contributed by atoms with Crippen LogP contribution in [0.1, 0.15) is 29.8 Å². The normalized spacial score (nSPS) is 14.5. The summed E-state index contributed by atoms with van der Waals surface area (Å²) in [6, 6.07) is 2.54. The zero-order valence-corrected chi connectivity index (χ0v) is 11.9. The summed E-state index contributed by atoms with van der Waals surface area (Å²) in [6.07, 6.45) is 7.04. The molecule has 1 fully saturated rings. The van der Waals surface area contributed by atoms with Crippen molar-refractivity contribution in [2.24, 2.45) is 0 Å². The molecular formula is C15H19N5. The number of nitrogens with one attached hydrogen (secondary N) is 1. The first-order valence-corrected chi connectivity index (χ1v) is 7.09. The van der Waals surface area contributed by atoms with Crippen molar-refractivity contribution in [3.8, 4) is 11.6 Å². The summed E-state index contributed by atoms with van der Waals surface area (Å²) in [5.41, 5.74) is 3.29. The van der Waals surface area contributed by atoms with Crippen molar-refractivity contribution in [1.82, 2.24) is 25.3 Å². The van der Waals surface area contributed by atoms with Crippen LogP contribution in [0.25, 0.3) is 11.6 Å². The Morgan fingerprint density at radius 1 is 1.05 bits per heavy atom. The minimum Gasteiger partial charge on any atom is -0.314 e. The van der Waals surface area contributed by atoms with E-state index in [9.17, 15) is 0 Å². The summed E-state index contributed by atoms with van der Waals surface area (Å²) >= 11 is 0. The van der Waals surface area contributed by atoms with Crippen molar-refractivity contribution >= 4 is 0 Å². The first-order valence-electron chi connectivity index (χ1n) is 7.09. The van der Waals surface area contributed by atoms with E-state index in [-0.39, 0.29) is 0 Å². The van der Waals surface area contributed by atoms with Crippen molar-refractivity contribution in [3.05, 3.63) is 35.4 Å². The van der Waals surface area contributed by atoms with Gasteiger partial charge in [0.25, 0.3) is 0 Å². The summed E-state index contributed by atoms with van der Waals surface area (Å²) in [5.74, 6) is 1.20. The molecule has 5 heteroatoms. The van der Waals surface area contributed by atoms with Crippen LogP contribution in [-0.4, -0.2) is 32.5 Å². The molecule has 1 saturated carbocycles. The molecule has 2 heterocycles. The second kappa shape index (κ2) is 5.63. The molecule has 20 heavy (non-hydrogen) atoms. The van der Waals surface area contributed by atoms with Gasteiger partial charge < -0.3 is 5.32 Å².